The van der Waals surface area contributed by atoms with Gasteiger partial charge in [0.25, 0.3) is 5.91 Å². The van der Waals surface area contributed by atoms with Crippen LogP contribution in [-0.4, -0.2) is 87.7 Å². The highest BCUT2D eigenvalue weighted by atomic mass is 16.7. The van der Waals surface area contributed by atoms with Gasteiger partial charge in [0.1, 0.15) is 0 Å². The molecule has 0 saturated carbocycles. The first kappa shape index (κ1) is 21.0. The summed E-state index contributed by atoms with van der Waals surface area (Å²) in [5.74, 6) is 0.119. The Balaban J connectivity index is 1.65. The normalized spacial score (nSPS) is 25.1. The average molecular weight is 392 g/mol. The number of aliphatic hydroxyl groups excluding tert-OH is 2. The highest BCUT2D eigenvalue weighted by Gasteiger charge is 2.52. The molecular weight excluding hydrogens is 363 g/mol. The number of amides is 1. The van der Waals surface area contributed by atoms with E-state index in [1.165, 1.54) is 0 Å². The molecule has 2 saturated heterocycles. The molecular formula is C18H29BN4O5. The van der Waals surface area contributed by atoms with Crippen molar-refractivity contribution in [2.45, 2.75) is 58.0 Å². The van der Waals surface area contributed by atoms with Crippen molar-refractivity contribution in [1.29, 1.82) is 0 Å². The SMILES string of the molecule is C[C@H]1CN(c2ncc(B3OC(C)(C)C(C)(C)O3)cn2)CCN1C(=O)[C@H](O)CO. The van der Waals surface area contributed by atoms with Gasteiger partial charge in [-0.3, -0.25) is 4.79 Å². The van der Waals surface area contributed by atoms with Crippen molar-refractivity contribution in [1.82, 2.24) is 14.9 Å². The predicted molar refractivity (Wildman–Crippen MR) is 104 cm³/mol. The van der Waals surface area contributed by atoms with Crippen LogP contribution in [-0.2, 0) is 14.1 Å². The van der Waals surface area contributed by atoms with Crippen molar-refractivity contribution in [2.75, 3.05) is 31.1 Å². The number of piperazine rings is 1. The highest BCUT2D eigenvalue weighted by molar-refractivity contribution is 6.61. The van der Waals surface area contributed by atoms with E-state index in [-0.39, 0.29) is 6.04 Å². The van der Waals surface area contributed by atoms with Crippen molar-refractivity contribution >= 4 is 24.4 Å². The van der Waals surface area contributed by atoms with Crippen LogP contribution < -0.4 is 10.4 Å². The molecule has 154 valence electrons. The van der Waals surface area contributed by atoms with E-state index < -0.39 is 36.9 Å². The maximum Gasteiger partial charge on any atom is 0.498 e. The molecule has 2 fully saturated rings. The molecule has 1 aromatic rings. The quantitative estimate of drug-likeness (QED) is 0.640. The van der Waals surface area contributed by atoms with E-state index in [9.17, 15) is 9.90 Å². The first-order valence-corrected chi connectivity index (χ1v) is 9.57. The summed E-state index contributed by atoms with van der Waals surface area (Å²) in [6, 6.07) is -0.131. The topological polar surface area (TPSA) is 108 Å². The summed E-state index contributed by atoms with van der Waals surface area (Å²) in [5.41, 5.74) is -0.0861. The summed E-state index contributed by atoms with van der Waals surface area (Å²) in [4.78, 5) is 24.6. The summed E-state index contributed by atoms with van der Waals surface area (Å²) in [5, 5.41) is 18.6. The number of rotatable bonds is 4. The minimum atomic E-state index is -1.37. The molecule has 2 atom stereocenters. The van der Waals surface area contributed by atoms with Gasteiger partial charge in [-0.2, -0.15) is 0 Å². The number of carbonyl (C=O) groups excluding carboxylic acids is 1. The zero-order chi connectivity index (χ0) is 20.7. The molecule has 0 aromatic carbocycles. The lowest BCUT2D eigenvalue weighted by Gasteiger charge is -2.40. The number of carbonyl (C=O) groups is 1. The van der Waals surface area contributed by atoms with E-state index in [2.05, 4.69) is 9.97 Å². The molecule has 1 aromatic heterocycles. The molecule has 0 radical (unpaired) electrons. The molecule has 1 amide bonds. The van der Waals surface area contributed by atoms with Crippen molar-refractivity contribution in [2.24, 2.45) is 0 Å². The molecule has 28 heavy (non-hydrogen) atoms. The molecule has 2 aliphatic rings. The van der Waals surface area contributed by atoms with Gasteiger partial charge in [0.15, 0.2) is 6.10 Å². The molecule has 2 N–H and O–H groups in total. The van der Waals surface area contributed by atoms with Gasteiger partial charge in [0.05, 0.1) is 17.8 Å². The highest BCUT2D eigenvalue weighted by Crippen LogP contribution is 2.36. The van der Waals surface area contributed by atoms with Gasteiger partial charge in [-0.05, 0) is 34.6 Å². The van der Waals surface area contributed by atoms with Crippen LogP contribution in [0.15, 0.2) is 12.4 Å². The fourth-order valence-electron chi connectivity index (χ4n) is 3.33. The average Bonchev–Trinajstić information content (AvgIpc) is 2.88. The molecule has 0 unspecified atom stereocenters. The van der Waals surface area contributed by atoms with E-state index in [0.29, 0.717) is 25.6 Å². The lowest BCUT2D eigenvalue weighted by molar-refractivity contribution is -0.144. The Morgan fingerprint density at radius 2 is 1.82 bits per heavy atom. The molecule has 0 bridgehead atoms. The molecule has 0 aliphatic carbocycles. The summed E-state index contributed by atoms with van der Waals surface area (Å²) < 4.78 is 12.0. The standard InChI is InChI=1S/C18H29BN4O5/c1-12-10-22(6-7-23(12)15(26)14(25)11-24)16-20-8-13(9-21-16)19-27-17(2,3)18(4,5)28-19/h8-9,12,14,24-25H,6-7,10-11H2,1-5H3/t12-,14+/m0/s1. The Morgan fingerprint density at radius 3 is 2.32 bits per heavy atom. The summed E-state index contributed by atoms with van der Waals surface area (Å²) >= 11 is 0. The molecule has 3 heterocycles. The molecule has 0 spiro atoms. The fourth-order valence-corrected chi connectivity index (χ4v) is 3.33. The maximum absolute atomic E-state index is 12.1. The number of nitrogens with zero attached hydrogens (tertiary/aromatic N) is 4. The van der Waals surface area contributed by atoms with E-state index in [1.807, 2.05) is 39.5 Å². The Kier molecular flexibility index (Phi) is 5.68. The largest absolute Gasteiger partial charge is 0.498 e. The summed E-state index contributed by atoms with van der Waals surface area (Å²) in [7, 11) is -0.507. The van der Waals surface area contributed by atoms with E-state index >= 15 is 0 Å². The van der Waals surface area contributed by atoms with Crippen LogP contribution in [0.3, 0.4) is 0 Å². The second-order valence-electron chi connectivity index (χ2n) is 8.43. The van der Waals surface area contributed by atoms with Crippen LogP contribution >= 0.6 is 0 Å². The minimum Gasteiger partial charge on any atom is -0.399 e. The second kappa shape index (κ2) is 7.59. The van der Waals surface area contributed by atoms with Crippen LogP contribution in [0.2, 0.25) is 0 Å². The third-order valence-electron chi connectivity index (χ3n) is 5.84. The molecule has 10 heteroatoms. The molecule has 9 nitrogen and oxygen atoms in total. The maximum atomic E-state index is 12.1. The Morgan fingerprint density at radius 1 is 1.25 bits per heavy atom. The third kappa shape index (κ3) is 3.87. The second-order valence-corrected chi connectivity index (χ2v) is 8.43. The van der Waals surface area contributed by atoms with Crippen molar-refractivity contribution in [3.8, 4) is 0 Å². The van der Waals surface area contributed by atoms with Crippen LogP contribution in [0.5, 0.6) is 0 Å². The van der Waals surface area contributed by atoms with Gasteiger partial charge in [-0.25, -0.2) is 9.97 Å². The first-order valence-electron chi connectivity index (χ1n) is 9.57. The summed E-state index contributed by atoms with van der Waals surface area (Å²) in [6.45, 7) is 10.8. The smallest absolute Gasteiger partial charge is 0.399 e. The van der Waals surface area contributed by atoms with Gasteiger partial charge in [-0.1, -0.05) is 0 Å². The zero-order valence-electron chi connectivity index (χ0n) is 17.1. The Bertz CT molecular complexity index is 698. The molecule has 3 rings (SSSR count). The van der Waals surface area contributed by atoms with E-state index in [1.54, 1.807) is 17.3 Å². The van der Waals surface area contributed by atoms with Gasteiger partial charge < -0.3 is 29.3 Å². The lowest BCUT2D eigenvalue weighted by Crippen LogP contribution is -2.57. The van der Waals surface area contributed by atoms with Gasteiger partial charge >= 0.3 is 7.12 Å². The molecule has 2 aliphatic heterocycles. The lowest BCUT2D eigenvalue weighted by atomic mass is 9.81. The third-order valence-corrected chi connectivity index (χ3v) is 5.84. The van der Waals surface area contributed by atoms with Crippen LogP contribution in [0.1, 0.15) is 34.6 Å². The van der Waals surface area contributed by atoms with Crippen molar-refractivity contribution in [3.63, 3.8) is 0 Å². The van der Waals surface area contributed by atoms with Gasteiger partial charge in [-0.15, -0.1) is 0 Å². The van der Waals surface area contributed by atoms with E-state index in [0.717, 1.165) is 5.46 Å². The van der Waals surface area contributed by atoms with Crippen LogP contribution in [0.4, 0.5) is 5.95 Å². The van der Waals surface area contributed by atoms with Gasteiger partial charge in [0, 0.05) is 43.5 Å². The zero-order valence-corrected chi connectivity index (χ0v) is 17.1. The number of hydrogen-bond donors (Lipinski definition) is 2. The van der Waals surface area contributed by atoms with Crippen LogP contribution in [0, 0.1) is 0 Å². The van der Waals surface area contributed by atoms with Crippen LogP contribution in [0.25, 0.3) is 0 Å². The fraction of sp³-hybridized carbons (Fsp3) is 0.722. The predicted octanol–water partition coefficient (Wildman–Crippen LogP) is -0.834. The summed E-state index contributed by atoms with van der Waals surface area (Å²) in [6.07, 6.45) is 2.05. The first-order chi connectivity index (χ1) is 13.1. The number of aliphatic hydroxyl groups is 2. The van der Waals surface area contributed by atoms with Gasteiger partial charge in [0.2, 0.25) is 5.95 Å². The van der Waals surface area contributed by atoms with Crippen molar-refractivity contribution < 1.29 is 24.3 Å². The number of hydrogen-bond acceptors (Lipinski definition) is 8. The Labute approximate surface area is 165 Å². The Hall–Kier alpha value is -1.75. The monoisotopic (exact) mass is 392 g/mol. The van der Waals surface area contributed by atoms with E-state index in [4.69, 9.17) is 14.4 Å². The number of aromatic nitrogens is 2. The minimum absolute atomic E-state index is 0.131. The number of anilines is 1. The van der Waals surface area contributed by atoms with Crippen molar-refractivity contribution in [3.05, 3.63) is 12.4 Å².